The minimum Gasteiger partial charge on any atom is -0.325 e. The summed E-state index contributed by atoms with van der Waals surface area (Å²) in [7, 11) is 0. The van der Waals surface area contributed by atoms with Crippen LogP contribution in [0.3, 0.4) is 0 Å². The summed E-state index contributed by atoms with van der Waals surface area (Å²) in [5, 5.41) is 5.64. The van der Waals surface area contributed by atoms with E-state index in [2.05, 4.69) is 24.5 Å². The number of hydrogen-bond donors (Lipinski definition) is 2. The van der Waals surface area contributed by atoms with Crippen LogP contribution in [0.5, 0.6) is 0 Å². The van der Waals surface area contributed by atoms with Crippen molar-refractivity contribution in [1.82, 2.24) is 10.2 Å². The summed E-state index contributed by atoms with van der Waals surface area (Å²) in [4.78, 5) is 38.6. The average Bonchev–Trinajstić information content (AvgIpc) is 2.90. The highest BCUT2D eigenvalue weighted by Gasteiger charge is 2.52. The van der Waals surface area contributed by atoms with Gasteiger partial charge in [0.1, 0.15) is 12.1 Å². The number of carbonyl (C=O) groups excluding carboxylic acids is 3. The van der Waals surface area contributed by atoms with E-state index >= 15 is 0 Å². The lowest BCUT2D eigenvalue weighted by Gasteiger charge is -2.33. The first-order valence-electron chi connectivity index (χ1n) is 10.5. The second kappa shape index (κ2) is 8.76. The largest absolute Gasteiger partial charge is 0.325 e. The fraction of sp³-hybridized carbons (Fsp3) is 0.591. The van der Waals surface area contributed by atoms with Gasteiger partial charge >= 0.3 is 6.03 Å². The van der Waals surface area contributed by atoms with Crippen molar-refractivity contribution in [3.63, 3.8) is 0 Å². The summed E-state index contributed by atoms with van der Waals surface area (Å²) in [6, 6.07) is 7.30. The smallest absolute Gasteiger partial charge is 0.325 e. The normalized spacial score (nSPS) is 24.5. The summed E-state index contributed by atoms with van der Waals surface area (Å²) in [5.74, 6) is -0.0492. The molecule has 1 aliphatic heterocycles. The Morgan fingerprint density at radius 2 is 1.86 bits per heavy atom. The number of benzene rings is 1. The van der Waals surface area contributed by atoms with Crippen LogP contribution in [0.2, 0.25) is 0 Å². The number of amides is 4. The summed E-state index contributed by atoms with van der Waals surface area (Å²) < 4.78 is 0. The zero-order chi connectivity index (χ0) is 20.1. The van der Waals surface area contributed by atoms with Crippen molar-refractivity contribution >= 4 is 23.5 Å². The van der Waals surface area contributed by atoms with Gasteiger partial charge < -0.3 is 10.6 Å². The number of nitrogens with one attached hydrogen (secondary N) is 2. The van der Waals surface area contributed by atoms with E-state index in [1.165, 1.54) is 18.4 Å². The van der Waals surface area contributed by atoms with E-state index in [0.29, 0.717) is 24.4 Å². The molecule has 1 heterocycles. The van der Waals surface area contributed by atoms with Crippen LogP contribution in [0.15, 0.2) is 24.3 Å². The third-order valence-electron chi connectivity index (χ3n) is 5.98. The van der Waals surface area contributed by atoms with Crippen molar-refractivity contribution in [2.24, 2.45) is 5.92 Å². The molecule has 1 saturated heterocycles. The summed E-state index contributed by atoms with van der Waals surface area (Å²) >= 11 is 0. The Labute approximate surface area is 167 Å². The first-order chi connectivity index (χ1) is 13.4. The molecular formula is C22H31N3O3. The molecule has 152 valence electrons. The second-order valence-corrected chi connectivity index (χ2v) is 8.29. The van der Waals surface area contributed by atoms with Crippen LogP contribution in [-0.4, -0.2) is 34.8 Å². The standard InChI is InChI=1S/C22H31N3O3/c1-3-4-5-6-17-7-9-18(10-8-17)23-19(26)15-25-20(27)22(24-21(25)28)13-11-16(2)12-14-22/h7-10,16H,3-6,11-15H2,1-2H3,(H,23,26)(H,24,28). The molecule has 2 aliphatic rings. The number of hydrogen-bond acceptors (Lipinski definition) is 3. The minimum atomic E-state index is -0.802. The van der Waals surface area contributed by atoms with E-state index in [1.807, 2.05) is 24.3 Å². The number of carbonyl (C=O) groups is 3. The van der Waals surface area contributed by atoms with Gasteiger partial charge in [0.25, 0.3) is 5.91 Å². The highest BCUT2D eigenvalue weighted by molar-refractivity contribution is 6.10. The molecule has 1 aliphatic carbocycles. The monoisotopic (exact) mass is 385 g/mol. The van der Waals surface area contributed by atoms with Crippen LogP contribution >= 0.6 is 0 Å². The van der Waals surface area contributed by atoms with Crippen LogP contribution in [0.1, 0.15) is 64.4 Å². The first kappa shape index (κ1) is 20.4. The van der Waals surface area contributed by atoms with Gasteiger partial charge in [-0.05, 0) is 62.1 Å². The zero-order valence-electron chi connectivity index (χ0n) is 16.9. The molecule has 0 bridgehead atoms. The van der Waals surface area contributed by atoms with E-state index in [9.17, 15) is 14.4 Å². The van der Waals surface area contributed by atoms with Crippen LogP contribution in [-0.2, 0) is 16.0 Å². The molecule has 0 unspecified atom stereocenters. The van der Waals surface area contributed by atoms with Crippen molar-refractivity contribution in [3.8, 4) is 0 Å². The lowest BCUT2D eigenvalue weighted by atomic mass is 9.77. The van der Waals surface area contributed by atoms with Gasteiger partial charge in [-0.1, -0.05) is 38.8 Å². The molecule has 6 heteroatoms. The molecule has 2 fully saturated rings. The van der Waals surface area contributed by atoms with E-state index < -0.39 is 11.6 Å². The van der Waals surface area contributed by atoms with Crippen LogP contribution < -0.4 is 10.6 Å². The number of aryl methyl sites for hydroxylation is 1. The molecule has 1 spiro atoms. The van der Waals surface area contributed by atoms with E-state index in [0.717, 1.165) is 30.6 Å². The Kier molecular flexibility index (Phi) is 6.37. The Bertz CT molecular complexity index is 721. The zero-order valence-corrected chi connectivity index (χ0v) is 16.9. The number of urea groups is 1. The van der Waals surface area contributed by atoms with Crippen molar-refractivity contribution in [3.05, 3.63) is 29.8 Å². The first-order valence-corrected chi connectivity index (χ1v) is 10.5. The third kappa shape index (κ3) is 4.54. The van der Waals surface area contributed by atoms with Crippen molar-refractivity contribution in [2.75, 3.05) is 11.9 Å². The fourth-order valence-electron chi connectivity index (χ4n) is 4.09. The number of imide groups is 1. The van der Waals surface area contributed by atoms with E-state index in [1.54, 1.807) is 0 Å². The van der Waals surface area contributed by atoms with E-state index in [4.69, 9.17) is 0 Å². The molecule has 6 nitrogen and oxygen atoms in total. The van der Waals surface area contributed by atoms with Gasteiger partial charge in [0.15, 0.2) is 0 Å². The highest BCUT2D eigenvalue weighted by Crippen LogP contribution is 2.36. The molecule has 28 heavy (non-hydrogen) atoms. The number of anilines is 1. The molecule has 3 rings (SSSR count). The average molecular weight is 386 g/mol. The molecule has 1 aromatic rings. The highest BCUT2D eigenvalue weighted by atomic mass is 16.2. The molecule has 0 radical (unpaired) electrons. The maximum absolute atomic E-state index is 12.8. The molecule has 1 aromatic carbocycles. The Hall–Kier alpha value is -2.37. The van der Waals surface area contributed by atoms with Gasteiger partial charge in [0, 0.05) is 5.69 Å². The van der Waals surface area contributed by atoms with Gasteiger partial charge in [-0.3, -0.25) is 14.5 Å². The molecular weight excluding hydrogens is 354 g/mol. The van der Waals surface area contributed by atoms with Crippen molar-refractivity contribution in [1.29, 1.82) is 0 Å². The van der Waals surface area contributed by atoms with E-state index in [-0.39, 0.29) is 18.4 Å². The predicted octanol–water partition coefficient (Wildman–Crippen LogP) is 3.86. The van der Waals surface area contributed by atoms with Gasteiger partial charge in [-0.15, -0.1) is 0 Å². The molecule has 2 N–H and O–H groups in total. The van der Waals surface area contributed by atoms with Crippen LogP contribution in [0.25, 0.3) is 0 Å². The number of unbranched alkanes of at least 4 members (excludes halogenated alkanes) is 2. The fourth-order valence-corrected chi connectivity index (χ4v) is 4.09. The Morgan fingerprint density at radius 1 is 1.18 bits per heavy atom. The molecule has 0 atom stereocenters. The molecule has 4 amide bonds. The van der Waals surface area contributed by atoms with Gasteiger partial charge in [0.05, 0.1) is 0 Å². The third-order valence-corrected chi connectivity index (χ3v) is 5.98. The number of nitrogens with zero attached hydrogens (tertiary/aromatic N) is 1. The lowest BCUT2D eigenvalue weighted by Crippen LogP contribution is -2.49. The topological polar surface area (TPSA) is 78.5 Å². The van der Waals surface area contributed by atoms with Gasteiger partial charge in [-0.25, -0.2) is 4.79 Å². The van der Waals surface area contributed by atoms with Gasteiger partial charge in [-0.2, -0.15) is 0 Å². The van der Waals surface area contributed by atoms with Crippen molar-refractivity contribution in [2.45, 2.75) is 70.8 Å². The maximum Gasteiger partial charge on any atom is 0.325 e. The van der Waals surface area contributed by atoms with Gasteiger partial charge in [0.2, 0.25) is 5.91 Å². The van der Waals surface area contributed by atoms with Crippen molar-refractivity contribution < 1.29 is 14.4 Å². The second-order valence-electron chi connectivity index (χ2n) is 8.29. The predicted molar refractivity (Wildman–Crippen MR) is 109 cm³/mol. The minimum absolute atomic E-state index is 0.250. The molecule has 1 saturated carbocycles. The summed E-state index contributed by atoms with van der Waals surface area (Å²) in [6.45, 7) is 4.09. The summed E-state index contributed by atoms with van der Waals surface area (Å²) in [5.41, 5.74) is 1.12. The van der Waals surface area contributed by atoms with Crippen LogP contribution in [0, 0.1) is 5.92 Å². The SMILES string of the molecule is CCCCCc1ccc(NC(=O)CN2C(=O)NC3(CCC(C)CC3)C2=O)cc1. The maximum atomic E-state index is 12.8. The summed E-state index contributed by atoms with van der Waals surface area (Å²) in [6.07, 6.45) is 7.72. The lowest BCUT2D eigenvalue weighted by molar-refractivity contribution is -0.135. The molecule has 0 aromatic heterocycles. The number of rotatable bonds is 7. The van der Waals surface area contributed by atoms with Crippen LogP contribution in [0.4, 0.5) is 10.5 Å². The Morgan fingerprint density at radius 3 is 2.50 bits per heavy atom. The Balaban J connectivity index is 1.54. The quantitative estimate of drug-likeness (QED) is 0.553.